The van der Waals surface area contributed by atoms with Gasteiger partial charge in [-0.1, -0.05) is 115 Å². The lowest BCUT2D eigenvalue weighted by molar-refractivity contribution is -0.683. The van der Waals surface area contributed by atoms with E-state index in [9.17, 15) is 115 Å². The predicted molar refractivity (Wildman–Crippen MR) is 253 cm³/mol. The van der Waals surface area contributed by atoms with Gasteiger partial charge in [0.2, 0.25) is 18.1 Å². The lowest BCUT2D eigenvalue weighted by Gasteiger charge is -2.46. The number of rotatable bonds is 9. The summed E-state index contributed by atoms with van der Waals surface area (Å²) in [5, 5.41) is 2.09. The van der Waals surface area contributed by atoms with Gasteiger partial charge in [-0.25, -0.2) is 4.98 Å². The Kier molecular flexibility index (Phi) is 16.8. The van der Waals surface area contributed by atoms with Crippen molar-refractivity contribution in [1.29, 1.82) is 0 Å². The first kappa shape index (κ1) is 63.2. The summed E-state index contributed by atoms with van der Waals surface area (Å²) in [6.07, 6.45) is -49.9. The van der Waals surface area contributed by atoms with Gasteiger partial charge in [-0.2, -0.15) is 132 Å². The smallest absolute Gasteiger partial charge is 0.287 e. The summed E-state index contributed by atoms with van der Waals surface area (Å²) in [5.41, 5.74) is -28.7. The molecule has 1 aromatic heterocycles. The molecule has 0 aliphatic carbocycles. The molecule has 8 rings (SSSR count). The van der Waals surface area contributed by atoms with Crippen molar-refractivity contribution in [1.82, 2.24) is 4.98 Å². The average molecular weight is 1220 g/mol. The van der Waals surface area contributed by atoms with Crippen molar-refractivity contribution in [2.24, 2.45) is 0 Å². The average Bonchev–Trinajstić information content (AvgIpc) is 0.854. The van der Waals surface area contributed by atoms with Gasteiger partial charge in [-0.05, 0) is 41.1 Å². The highest BCUT2D eigenvalue weighted by molar-refractivity contribution is 7.20. The summed E-state index contributed by atoms with van der Waals surface area (Å²) in [6.45, 7) is 0.157. The minimum atomic E-state index is -6.13. The minimum absolute atomic E-state index is 0.0177. The Labute approximate surface area is 455 Å². The Hall–Kier alpha value is -8.40. The second-order valence-corrected chi connectivity index (χ2v) is 18.5. The van der Waals surface area contributed by atoms with E-state index in [1.165, 1.54) is 0 Å². The van der Waals surface area contributed by atoms with Crippen LogP contribution in [0.5, 0.6) is 0 Å². The second kappa shape index (κ2) is 22.3. The van der Waals surface area contributed by atoms with E-state index in [1.54, 1.807) is 41.4 Å². The van der Waals surface area contributed by atoms with Crippen molar-refractivity contribution >= 4 is 50.3 Å². The number of carbonyl (C=O) groups excluding carboxylic acids is 2. The van der Waals surface area contributed by atoms with Gasteiger partial charge in [-0.3, -0.25) is 9.59 Å². The molecule has 0 saturated carbocycles. The van der Waals surface area contributed by atoms with Crippen LogP contribution in [0.4, 0.5) is 105 Å². The van der Waals surface area contributed by atoms with Crippen LogP contribution in [0, 0.1) is 0 Å². The molecule has 1 heterocycles. The number of nitrogens with zero attached hydrogens (tertiary/aromatic N) is 2. The van der Waals surface area contributed by atoms with Gasteiger partial charge in [0.1, 0.15) is 6.15 Å². The van der Waals surface area contributed by atoms with Crippen LogP contribution < -0.4 is 26.4 Å². The zero-order chi connectivity index (χ0) is 62.6. The van der Waals surface area contributed by atoms with E-state index in [2.05, 4.69) is 4.98 Å². The van der Waals surface area contributed by atoms with Gasteiger partial charge < -0.3 is 0 Å². The molecule has 0 N–H and O–H groups in total. The number of hydrogen-bond donors (Lipinski definition) is 0. The third kappa shape index (κ3) is 14.1. The van der Waals surface area contributed by atoms with E-state index in [4.69, 9.17) is 0 Å². The molecule has 29 heteroatoms. The molecular weight excluding hydrogens is 1190 g/mol. The fraction of sp³-hybridized carbons (Fsp3) is 0.164. The summed E-state index contributed by atoms with van der Waals surface area (Å²) < 4.78 is 343. The molecule has 0 unspecified atom stereocenters. The number of hydrogen-bond acceptors (Lipinski definition) is 3. The monoisotopic (exact) mass is 1220 g/mol. The van der Waals surface area contributed by atoms with Gasteiger partial charge in [0.25, 0.3) is 0 Å². The zero-order valence-electron chi connectivity index (χ0n) is 41.2. The van der Waals surface area contributed by atoms with Crippen LogP contribution >= 0.6 is 0 Å². The lowest BCUT2D eigenvalue weighted by Crippen LogP contribution is -2.75. The summed E-state index contributed by atoms with van der Waals surface area (Å²) >= 11 is 0. The first-order valence-electron chi connectivity index (χ1n) is 23.3. The topological polar surface area (TPSA) is 50.9 Å². The van der Waals surface area contributed by atoms with Gasteiger partial charge in [-0.15, -0.1) is 0 Å². The molecule has 0 fully saturated rings. The molecule has 0 aliphatic heterocycles. The number of alkyl halides is 24. The van der Waals surface area contributed by atoms with Crippen LogP contribution in [-0.2, 0) is 56.0 Å². The summed E-state index contributed by atoms with van der Waals surface area (Å²) in [7, 11) is 0. The molecular formula is C55H29BF24N2O2. The Morgan fingerprint density at radius 2 is 0.667 bits per heavy atom. The SMILES string of the molecule is FC(F)(F)c1cc([B-](c2cc(C(F)(F)F)cc(C(F)(F)F)c2)(c2cc(C(F)(F)F)cc(C(F)(F)F)c2)c2cc(C(F)(F)F)cc(C(F)(F)F)c2)cc(C(F)(F)F)c1.O=C(C[n+]1ccnc(C(=O)c2ccc3ccccc3c2)c1)c1ccccc1. The van der Waals surface area contributed by atoms with Crippen molar-refractivity contribution in [3.8, 4) is 0 Å². The van der Waals surface area contributed by atoms with E-state index in [-0.39, 0.29) is 18.1 Å². The molecule has 4 nitrogen and oxygen atoms in total. The zero-order valence-corrected chi connectivity index (χ0v) is 41.2. The molecule has 0 spiro atoms. The van der Waals surface area contributed by atoms with Crippen LogP contribution in [-0.4, -0.2) is 22.7 Å². The number of aromatic nitrogens is 2. The van der Waals surface area contributed by atoms with E-state index in [1.807, 2.05) is 54.6 Å². The lowest BCUT2D eigenvalue weighted by atomic mass is 9.12. The molecule has 0 amide bonds. The maximum atomic E-state index is 14.2. The van der Waals surface area contributed by atoms with E-state index >= 15 is 0 Å². The Bertz CT molecular complexity index is 3320. The number of carbonyl (C=O) groups is 2. The van der Waals surface area contributed by atoms with Gasteiger partial charge in [0.15, 0.2) is 18.1 Å². The van der Waals surface area contributed by atoms with Crippen LogP contribution in [0.3, 0.4) is 0 Å². The van der Waals surface area contributed by atoms with Crippen molar-refractivity contribution in [2.75, 3.05) is 0 Å². The Balaban J connectivity index is 0.000000309. The predicted octanol–water partition coefficient (Wildman–Crippen LogP) is 14.9. The Morgan fingerprint density at radius 3 is 0.988 bits per heavy atom. The van der Waals surface area contributed by atoms with Crippen molar-refractivity contribution in [3.05, 3.63) is 226 Å². The number of Topliss-reactive ketones (excluding diaryl/α,β-unsaturated/α-hetero) is 1. The molecule has 8 aromatic rings. The van der Waals surface area contributed by atoms with Crippen molar-refractivity contribution in [2.45, 2.75) is 56.0 Å². The summed E-state index contributed by atoms with van der Waals surface area (Å²) in [6, 6.07) is 13.8. The molecule has 84 heavy (non-hydrogen) atoms. The fourth-order valence-electron chi connectivity index (χ4n) is 9.08. The molecule has 0 radical (unpaired) electrons. The quantitative estimate of drug-likeness (QED) is 0.0626. The molecule has 0 aliphatic rings. The molecule has 0 saturated heterocycles. The largest absolute Gasteiger partial charge is 0.416 e. The molecule has 0 bridgehead atoms. The third-order valence-corrected chi connectivity index (χ3v) is 12.9. The normalized spacial score (nSPS) is 13.1. The highest BCUT2D eigenvalue weighted by atomic mass is 19.4. The highest BCUT2D eigenvalue weighted by Crippen LogP contribution is 2.41. The van der Waals surface area contributed by atoms with Crippen molar-refractivity contribution in [3.63, 3.8) is 0 Å². The fourth-order valence-corrected chi connectivity index (χ4v) is 9.08. The Morgan fingerprint density at radius 1 is 0.357 bits per heavy atom. The van der Waals surface area contributed by atoms with Gasteiger partial charge in [0.05, 0.1) is 50.7 Å². The van der Waals surface area contributed by atoms with E-state index in [0.717, 1.165) is 10.8 Å². The number of fused-ring (bicyclic) bond motifs is 1. The first-order valence-corrected chi connectivity index (χ1v) is 23.3. The number of ketones is 2. The summed E-state index contributed by atoms with van der Waals surface area (Å²) in [5.74, 6) is -0.182. The maximum Gasteiger partial charge on any atom is 0.416 e. The minimum Gasteiger partial charge on any atom is -0.287 e. The third-order valence-electron chi connectivity index (χ3n) is 12.9. The second-order valence-electron chi connectivity index (χ2n) is 18.5. The van der Waals surface area contributed by atoms with Gasteiger partial charge in [0, 0.05) is 11.1 Å². The van der Waals surface area contributed by atoms with E-state index < -0.39 is 195 Å². The first-order chi connectivity index (χ1) is 38.5. The van der Waals surface area contributed by atoms with Gasteiger partial charge >= 0.3 is 49.4 Å². The van der Waals surface area contributed by atoms with Crippen LogP contribution in [0.25, 0.3) is 10.8 Å². The molecule has 0 atom stereocenters. The van der Waals surface area contributed by atoms with E-state index in [0.29, 0.717) is 16.8 Å². The molecule has 442 valence electrons. The highest BCUT2D eigenvalue weighted by Gasteiger charge is 2.47. The molecule has 7 aromatic carbocycles. The van der Waals surface area contributed by atoms with Crippen LogP contribution in [0.1, 0.15) is 70.9 Å². The maximum absolute atomic E-state index is 14.2. The summed E-state index contributed by atoms with van der Waals surface area (Å²) in [4.78, 5) is 29.4. The number of benzene rings is 7. The van der Waals surface area contributed by atoms with Crippen LogP contribution in [0.2, 0.25) is 0 Å². The standard InChI is InChI=1S/C32H12BF24.C23H17N2O2/c34-25(35,36)13-1-14(26(37,38)39)6-21(5-13)33(22-7-15(27(40,41)42)2-16(8-22)28(43,44)45,23-9-17(29(46,47)48)3-18(10-23)30(49,50)51)24-11-19(31(52,53)54)4-20(12-24)32(55,56)57;26-22(18-7-2-1-3-8-18)16-25-13-12-24-21(15-25)23(27)20-11-10-17-6-4-5-9-19(17)14-20/h1-12H;1-15H,16H2/q-1;+1. The van der Waals surface area contributed by atoms with Crippen molar-refractivity contribution < 1.29 is 120 Å². The van der Waals surface area contributed by atoms with Crippen LogP contribution in [0.15, 0.2) is 164 Å². The number of halogens is 24.